The lowest BCUT2D eigenvalue weighted by atomic mass is 10.1. The van der Waals surface area contributed by atoms with Crippen molar-refractivity contribution in [3.05, 3.63) is 44.8 Å². The second-order valence-electron chi connectivity index (χ2n) is 4.99. The molecule has 0 fully saturated rings. The van der Waals surface area contributed by atoms with Crippen LogP contribution in [-0.4, -0.2) is 18.5 Å². The first-order valence-electron chi connectivity index (χ1n) is 6.09. The number of aromatic nitrogens is 1. The van der Waals surface area contributed by atoms with Gasteiger partial charge in [0, 0.05) is 16.0 Å². The summed E-state index contributed by atoms with van der Waals surface area (Å²) in [7, 11) is -3.71. The molecule has 0 amide bonds. The zero-order chi connectivity index (χ0) is 15.7. The van der Waals surface area contributed by atoms with E-state index in [4.69, 9.17) is 5.11 Å². The van der Waals surface area contributed by atoms with E-state index in [0.29, 0.717) is 15.0 Å². The van der Waals surface area contributed by atoms with Crippen LogP contribution in [0.15, 0.2) is 39.1 Å². The van der Waals surface area contributed by atoms with Crippen LogP contribution in [0.1, 0.15) is 24.4 Å². The van der Waals surface area contributed by atoms with Crippen molar-refractivity contribution in [3.8, 4) is 0 Å². The molecule has 5 nitrogen and oxygen atoms in total. The number of thiazole rings is 1. The first-order chi connectivity index (χ1) is 9.76. The molecule has 114 valence electrons. The third-order valence-corrected chi connectivity index (χ3v) is 6.55. The summed E-state index contributed by atoms with van der Waals surface area (Å²) in [5.41, 5.74) is -0.165. The second-order valence-corrected chi connectivity index (χ2v) is 8.39. The van der Waals surface area contributed by atoms with Gasteiger partial charge in [-0.2, -0.15) is 4.72 Å². The monoisotopic (exact) mass is 390 g/mol. The summed E-state index contributed by atoms with van der Waals surface area (Å²) < 4.78 is 28.1. The molecule has 0 saturated heterocycles. The van der Waals surface area contributed by atoms with Crippen molar-refractivity contribution in [1.29, 1.82) is 0 Å². The van der Waals surface area contributed by atoms with E-state index in [-0.39, 0.29) is 11.5 Å². The smallest absolute Gasteiger partial charge is 0.242 e. The molecule has 0 unspecified atom stereocenters. The summed E-state index contributed by atoms with van der Waals surface area (Å²) in [6.07, 6.45) is 1.64. The van der Waals surface area contributed by atoms with Gasteiger partial charge in [-0.05, 0) is 47.5 Å². The van der Waals surface area contributed by atoms with Crippen LogP contribution in [0.2, 0.25) is 0 Å². The largest absolute Gasteiger partial charge is 0.392 e. The number of nitrogens with zero attached hydrogens (tertiary/aromatic N) is 1. The Balaban J connectivity index is 2.35. The summed E-state index contributed by atoms with van der Waals surface area (Å²) in [6, 6.07) is 4.64. The minimum Gasteiger partial charge on any atom is -0.392 e. The van der Waals surface area contributed by atoms with Gasteiger partial charge in [0.25, 0.3) is 0 Å². The molecule has 0 aliphatic carbocycles. The van der Waals surface area contributed by atoms with E-state index in [2.05, 4.69) is 25.6 Å². The number of hydrogen-bond acceptors (Lipinski definition) is 5. The molecule has 1 heterocycles. The molecule has 0 aliphatic rings. The van der Waals surface area contributed by atoms with E-state index in [1.54, 1.807) is 37.6 Å². The van der Waals surface area contributed by atoms with Gasteiger partial charge in [0.1, 0.15) is 5.01 Å². The number of aliphatic hydroxyl groups excluding tert-OH is 1. The molecular formula is C13H15BrN2O3S2. The molecule has 21 heavy (non-hydrogen) atoms. The first kappa shape index (κ1) is 16.6. The number of aliphatic hydroxyl groups is 1. The Morgan fingerprint density at radius 1 is 1.43 bits per heavy atom. The van der Waals surface area contributed by atoms with Crippen molar-refractivity contribution in [2.75, 3.05) is 0 Å². The molecular weight excluding hydrogens is 376 g/mol. The van der Waals surface area contributed by atoms with Crippen LogP contribution in [-0.2, 0) is 22.2 Å². The van der Waals surface area contributed by atoms with Crippen LogP contribution >= 0.6 is 27.3 Å². The van der Waals surface area contributed by atoms with Crippen LogP contribution in [0.3, 0.4) is 0 Å². The molecule has 8 heteroatoms. The third-order valence-electron chi connectivity index (χ3n) is 2.82. The van der Waals surface area contributed by atoms with E-state index in [1.807, 2.05) is 0 Å². The number of hydrogen-bond donors (Lipinski definition) is 2. The molecule has 2 rings (SSSR count). The van der Waals surface area contributed by atoms with Gasteiger partial charge in [-0.1, -0.05) is 6.07 Å². The quantitative estimate of drug-likeness (QED) is 0.821. The number of sulfonamides is 1. The van der Waals surface area contributed by atoms with E-state index in [0.717, 1.165) is 0 Å². The van der Waals surface area contributed by atoms with Crippen LogP contribution in [0.5, 0.6) is 0 Å². The number of rotatable bonds is 5. The third kappa shape index (κ3) is 3.70. The Morgan fingerprint density at radius 3 is 2.67 bits per heavy atom. The van der Waals surface area contributed by atoms with Gasteiger partial charge < -0.3 is 5.11 Å². The van der Waals surface area contributed by atoms with Crippen molar-refractivity contribution in [2.24, 2.45) is 0 Å². The minimum atomic E-state index is -3.71. The number of nitrogens with one attached hydrogen (secondary N) is 1. The Morgan fingerprint density at radius 2 is 2.14 bits per heavy atom. The fraction of sp³-hybridized carbons (Fsp3) is 0.308. The van der Waals surface area contributed by atoms with Crippen LogP contribution < -0.4 is 4.72 Å². The molecule has 0 radical (unpaired) electrons. The average molecular weight is 391 g/mol. The maximum absolute atomic E-state index is 12.5. The topological polar surface area (TPSA) is 79.3 Å². The number of benzene rings is 1. The highest BCUT2D eigenvalue weighted by atomic mass is 79.9. The minimum absolute atomic E-state index is 0.129. The highest BCUT2D eigenvalue weighted by molar-refractivity contribution is 9.10. The predicted molar refractivity (Wildman–Crippen MR) is 85.5 cm³/mol. The Hall–Kier alpha value is -0.800. The molecule has 1 aromatic carbocycles. The molecule has 0 spiro atoms. The van der Waals surface area contributed by atoms with Gasteiger partial charge in [-0.25, -0.2) is 13.4 Å². The van der Waals surface area contributed by atoms with Gasteiger partial charge in [0.05, 0.1) is 17.0 Å². The molecule has 0 aliphatic heterocycles. The van der Waals surface area contributed by atoms with Gasteiger partial charge in [0.2, 0.25) is 10.0 Å². The van der Waals surface area contributed by atoms with Gasteiger partial charge in [0.15, 0.2) is 0 Å². The van der Waals surface area contributed by atoms with Gasteiger partial charge >= 0.3 is 0 Å². The molecule has 0 atom stereocenters. The van der Waals surface area contributed by atoms with E-state index in [9.17, 15) is 8.42 Å². The molecule has 2 aromatic rings. The molecule has 0 saturated carbocycles. The standard InChI is InChI=1S/C13H15BrN2O3S2/c1-13(2,12-15-5-6-20-12)16-21(18,19)11-4-3-9(8-17)7-10(11)14/h3-7,16-17H,8H2,1-2H3. The highest BCUT2D eigenvalue weighted by Crippen LogP contribution is 2.28. The predicted octanol–water partition coefficient (Wildman–Crippen LogP) is 2.61. The molecule has 2 N–H and O–H groups in total. The van der Waals surface area contributed by atoms with Gasteiger partial charge in [-0.15, -0.1) is 11.3 Å². The zero-order valence-electron chi connectivity index (χ0n) is 11.5. The summed E-state index contributed by atoms with van der Waals surface area (Å²) in [4.78, 5) is 4.29. The lowest BCUT2D eigenvalue weighted by Gasteiger charge is -2.24. The number of halogens is 1. The summed E-state index contributed by atoms with van der Waals surface area (Å²) in [6.45, 7) is 3.38. The van der Waals surface area contributed by atoms with Crippen molar-refractivity contribution in [1.82, 2.24) is 9.71 Å². The fourth-order valence-corrected chi connectivity index (χ4v) is 5.12. The zero-order valence-corrected chi connectivity index (χ0v) is 14.7. The second kappa shape index (κ2) is 6.13. The SMILES string of the molecule is CC(C)(NS(=O)(=O)c1ccc(CO)cc1Br)c1nccs1. The van der Waals surface area contributed by atoms with Crippen molar-refractivity contribution >= 4 is 37.3 Å². The Labute approximate surface area is 136 Å². The molecule has 0 bridgehead atoms. The van der Waals surface area contributed by atoms with Crippen molar-refractivity contribution in [2.45, 2.75) is 30.9 Å². The Bertz CT molecular complexity index is 728. The van der Waals surface area contributed by atoms with E-state index >= 15 is 0 Å². The van der Waals surface area contributed by atoms with Gasteiger partial charge in [-0.3, -0.25) is 0 Å². The first-order valence-corrected chi connectivity index (χ1v) is 9.25. The maximum Gasteiger partial charge on any atom is 0.242 e. The summed E-state index contributed by atoms with van der Waals surface area (Å²) >= 11 is 4.63. The summed E-state index contributed by atoms with van der Waals surface area (Å²) in [5, 5.41) is 11.6. The van der Waals surface area contributed by atoms with E-state index < -0.39 is 15.6 Å². The van der Waals surface area contributed by atoms with Crippen LogP contribution in [0.25, 0.3) is 0 Å². The van der Waals surface area contributed by atoms with Crippen LogP contribution in [0, 0.1) is 0 Å². The van der Waals surface area contributed by atoms with Crippen molar-refractivity contribution in [3.63, 3.8) is 0 Å². The maximum atomic E-state index is 12.5. The average Bonchev–Trinajstić information content (AvgIpc) is 2.91. The normalized spacial score (nSPS) is 12.6. The van der Waals surface area contributed by atoms with Crippen molar-refractivity contribution < 1.29 is 13.5 Å². The van der Waals surface area contributed by atoms with Crippen LogP contribution in [0.4, 0.5) is 0 Å². The fourth-order valence-electron chi connectivity index (χ4n) is 1.83. The Kier molecular flexibility index (Phi) is 4.84. The van der Waals surface area contributed by atoms with E-state index in [1.165, 1.54) is 17.4 Å². The summed E-state index contributed by atoms with van der Waals surface area (Å²) in [5.74, 6) is 0. The lowest BCUT2D eigenvalue weighted by Crippen LogP contribution is -2.40. The highest BCUT2D eigenvalue weighted by Gasteiger charge is 2.31. The lowest BCUT2D eigenvalue weighted by molar-refractivity contribution is 0.281. The molecule has 1 aromatic heterocycles.